The zero-order valence-electron chi connectivity index (χ0n) is 9.09. The minimum atomic E-state index is 0.0455. The fourth-order valence-electron chi connectivity index (χ4n) is 1.81. The Bertz CT molecular complexity index is 405. The van der Waals surface area contributed by atoms with Crippen molar-refractivity contribution >= 4 is 11.4 Å². The Kier molecular flexibility index (Phi) is 1.88. The molecule has 0 aromatic heterocycles. The maximum Gasteiger partial charge on any atom is 0.144 e. The number of para-hydroxylation sites is 1. The van der Waals surface area contributed by atoms with Gasteiger partial charge in [-0.15, -0.1) is 0 Å². The number of methoxy groups -OCH3 is 1. The molecule has 0 N–H and O–H groups in total. The van der Waals surface area contributed by atoms with E-state index >= 15 is 0 Å². The molecule has 1 aromatic rings. The van der Waals surface area contributed by atoms with Crippen LogP contribution in [0, 0.1) is 0 Å². The van der Waals surface area contributed by atoms with E-state index in [-0.39, 0.29) is 5.41 Å². The Hall–Kier alpha value is -1.31. The van der Waals surface area contributed by atoms with Gasteiger partial charge < -0.3 is 4.74 Å². The van der Waals surface area contributed by atoms with Gasteiger partial charge in [0.2, 0.25) is 0 Å². The zero-order chi connectivity index (χ0) is 10.3. The summed E-state index contributed by atoms with van der Waals surface area (Å²) in [6.07, 6.45) is 0. The van der Waals surface area contributed by atoms with Crippen molar-refractivity contribution in [3.8, 4) is 5.75 Å². The molecule has 0 atom stereocenters. The largest absolute Gasteiger partial charge is 0.494 e. The highest BCUT2D eigenvalue weighted by Crippen LogP contribution is 2.44. The summed E-state index contributed by atoms with van der Waals surface area (Å²) in [6, 6.07) is 6.10. The van der Waals surface area contributed by atoms with Crippen molar-refractivity contribution in [3.63, 3.8) is 0 Å². The minimum Gasteiger partial charge on any atom is -0.494 e. The lowest BCUT2D eigenvalue weighted by atomic mass is 9.82. The number of benzene rings is 1. The van der Waals surface area contributed by atoms with Gasteiger partial charge in [0.25, 0.3) is 0 Å². The van der Waals surface area contributed by atoms with E-state index in [1.807, 2.05) is 12.1 Å². The monoisotopic (exact) mass is 189 g/mol. The van der Waals surface area contributed by atoms with Gasteiger partial charge in [0.1, 0.15) is 11.4 Å². The predicted octanol–water partition coefficient (Wildman–Crippen LogP) is 3.08. The Balaban J connectivity index is 2.66. The maximum atomic E-state index is 5.29. The van der Waals surface area contributed by atoms with Crippen molar-refractivity contribution in [2.75, 3.05) is 7.11 Å². The van der Waals surface area contributed by atoms with Crippen LogP contribution in [0.2, 0.25) is 0 Å². The first-order valence-corrected chi connectivity index (χ1v) is 4.80. The second-order valence-electron chi connectivity index (χ2n) is 4.18. The second-order valence-corrected chi connectivity index (χ2v) is 4.18. The third kappa shape index (κ3) is 1.07. The van der Waals surface area contributed by atoms with Crippen LogP contribution in [0.3, 0.4) is 0 Å². The summed E-state index contributed by atoms with van der Waals surface area (Å²) < 4.78 is 5.29. The van der Waals surface area contributed by atoms with E-state index in [9.17, 15) is 0 Å². The molecule has 1 aliphatic heterocycles. The number of rotatable bonds is 1. The van der Waals surface area contributed by atoms with Crippen LogP contribution in [0.1, 0.15) is 26.3 Å². The average Bonchev–Trinajstić information content (AvgIpc) is 2.39. The van der Waals surface area contributed by atoms with Gasteiger partial charge in [-0.3, -0.25) is 4.99 Å². The van der Waals surface area contributed by atoms with Crippen LogP contribution < -0.4 is 4.74 Å². The van der Waals surface area contributed by atoms with Gasteiger partial charge in [0.05, 0.1) is 7.11 Å². The molecule has 1 aliphatic rings. The molecule has 0 amide bonds. The third-order valence-corrected chi connectivity index (χ3v) is 3.08. The Labute approximate surface area is 84.6 Å². The molecule has 2 nitrogen and oxygen atoms in total. The topological polar surface area (TPSA) is 21.6 Å². The third-order valence-electron chi connectivity index (χ3n) is 3.08. The predicted molar refractivity (Wildman–Crippen MR) is 58.8 cm³/mol. The molecule has 1 aromatic carbocycles. The minimum absolute atomic E-state index is 0.0455. The van der Waals surface area contributed by atoms with E-state index in [1.165, 1.54) is 5.56 Å². The van der Waals surface area contributed by atoms with Crippen molar-refractivity contribution in [1.82, 2.24) is 0 Å². The lowest BCUT2D eigenvalue weighted by Crippen LogP contribution is -2.22. The van der Waals surface area contributed by atoms with E-state index in [4.69, 9.17) is 4.74 Å². The van der Waals surface area contributed by atoms with Gasteiger partial charge in [-0.25, -0.2) is 0 Å². The molecule has 0 aliphatic carbocycles. The van der Waals surface area contributed by atoms with Crippen molar-refractivity contribution in [2.45, 2.75) is 26.2 Å². The summed E-state index contributed by atoms with van der Waals surface area (Å²) in [5, 5.41) is 0. The average molecular weight is 189 g/mol. The van der Waals surface area contributed by atoms with Crippen molar-refractivity contribution < 1.29 is 4.74 Å². The molecule has 0 fully saturated rings. The van der Waals surface area contributed by atoms with E-state index in [0.717, 1.165) is 17.1 Å². The van der Waals surface area contributed by atoms with Gasteiger partial charge in [0.15, 0.2) is 0 Å². The van der Waals surface area contributed by atoms with Crippen molar-refractivity contribution in [1.29, 1.82) is 0 Å². The summed E-state index contributed by atoms with van der Waals surface area (Å²) >= 11 is 0. The summed E-state index contributed by atoms with van der Waals surface area (Å²) in [5.41, 5.74) is 3.45. The van der Waals surface area contributed by atoms with Gasteiger partial charge in [0, 0.05) is 11.1 Å². The summed E-state index contributed by atoms with van der Waals surface area (Å²) in [6.45, 7) is 6.45. The van der Waals surface area contributed by atoms with Crippen LogP contribution in [0.5, 0.6) is 5.75 Å². The fraction of sp³-hybridized carbons (Fsp3) is 0.417. The quantitative estimate of drug-likeness (QED) is 0.665. The highest BCUT2D eigenvalue weighted by Gasteiger charge is 2.33. The lowest BCUT2D eigenvalue weighted by molar-refractivity contribution is 0.416. The smallest absolute Gasteiger partial charge is 0.144 e. The number of hydrogen-bond donors (Lipinski definition) is 0. The molecule has 0 saturated heterocycles. The number of nitrogens with zero attached hydrogens (tertiary/aromatic N) is 1. The van der Waals surface area contributed by atoms with E-state index in [1.54, 1.807) is 7.11 Å². The Morgan fingerprint density at radius 1 is 1.29 bits per heavy atom. The molecule has 0 spiro atoms. The molecule has 14 heavy (non-hydrogen) atoms. The Morgan fingerprint density at radius 2 is 2.00 bits per heavy atom. The molecular formula is C12H15NO. The second kappa shape index (κ2) is 2.84. The first-order chi connectivity index (χ1) is 6.57. The van der Waals surface area contributed by atoms with E-state index < -0.39 is 0 Å². The molecular weight excluding hydrogens is 174 g/mol. The van der Waals surface area contributed by atoms with Gasteiger partial charge in [-0.2, -0.15) is 0 Å². The molecule has 0 bridgehead atoms. The fourth-order valence-corrected chi connectivity index (χ4v) is 1.81. The molecule has 1 heterocycles. The maximum absolute atomic E-state index is 5.29. The van der Waals surface area contributed by atoms with Crippen LogP contribution in [0.25, 0.3) is 0 Å². The summed E-state index contributed by atoms with van der Waals surface area (Å²) in [5.74, 6) is 0.868. The van der Waals surface area contributed by atoms with Gasteiger partial charge in [-0.1, -0.05) is 26.0 Å². The SMILES string of the molecule is COc1cccc2c1N=C(C)C2(C)C. The zero-order valence-corrected chi connectivity index (χ0v) is 9.09. The van der Waals surface area contributed by atoms with E-state index in [2.05, 4.69) is 31.8 Å². The molecule has 74 valence electrons. The standard InChI is InChI=1S/C12H15NO/c1-8-12(2,3)9-6-5-7-10(14-4)11(9)13-8/h5-7H,1-4H3. The summed E-state index contributed by atoms with van der Waals surface area (Å²) in [7, 11) is 1.69. The van der Waals surface area contributed by atoms with Crippen molar-refractivity contribution in [3.05, 3.63) is 23.8 Å². The van der Waals surface area contributed by atoms with E-state index in [0.29, 0.717) is 0 Å². The van der Waals surface area contributed by atoms with Crippen LogP contribution in [-0.4, -0.2) is 12.8 Å². The number of aliphatic imine (C=N–C) groups is 1. The summed E-state index contributed by atoms with van der Waals surface area (Å²) in [4.78, 5) is 4.57. The highest BCUT2D eigenvalue weighted by molar-refractivity contribution is 6.00. The normalized spacial score (nSPS) is 17.6. The van der Waals surface area contributed by atoms with Gasteiger partial charge >= 0.3 is 0 Å². The molecule has 2 rings (SSSR count). The number of ether oxygens (including phenoxy) is 1. The molecule has 0 unspecified atom stereocenters. The molecule has 0 radical (unpaired) electrons. The number of fused-ring (bicyclic) bond motifs is 1. The molecule has 0 saturated carbocycles. The van der Waals surface area contributed by atoms with Crippen LogP contribution in [-0.2, 0) is 5.41 Å². The highest BCUT2D eigenvalue weighted by atomic mass is 16.5. The van der Waals surface area contributed by atoms with Crippen LogP contribution in [0.15, 0.2) is 23.2 Å². The molecule has 2 heteroatoms. The lowest BCUT2D eigenvalue weighted by Gasteiger charge is -2.19. The van der Waals surface area contributed by atoms with Gasteiger partial charge in [-0.05, 0) is 18.6 Å². The van der Waals surface area contributed by atoms with Crippen molar-refractivity contribution in [2.24, 2.45) is 4.99 Å². The Morgan fingerprint density at radius 3 is 2.64 bits per heavy atom. The first kappa shape index (κ1) is 9.25. The van der Waals surface area contributed by atoms with Crippen LogP contribution in [0.4, 0.5) is 5.69 Å². The van der Waals surface area contributed by atoms with Crippen LogP contribution >= 0.6 is 0 Å². The number of hydrogen-bond acceptors (Lipinski definition) is 2. The first-order valence-electron chi connectivity index (χ1n) is 4.80.